The summed E-state index contributed by atoms with van der Waals surface area (Å²) in [6.45, 7) is 2.03. The standard InChI is InChI=1S/C27H26N2O3S/c1-19-26(21-13-15-23(31-2)16-14-21)28-27(33-19)29(22-10-7-11-24(18-22)32-3)25(30)17-12-20-8-5-4-6-9-20/h4-11,13-16,18H,12,17H2,1-3H3. The lowest BCUT2D eigenvalue weighted by molar-refractivity contribution is -0.117. The Morgan fingerprint density at radius 3 is 2.33 bits per heavy atom. The van der Waals surface area contributed by atoms with Crippen LogP contribution in [0.15, 0.2) is 78.9 Å². The molecule has 4 rings (SSSR count). The zero-order chi connectivity index (χ0) is 23.2. The van der Waals surface area contributed by atoms with Gasteiger partial charge in [-0.2, -0.15) is 0 Å². The smallest absolute Gasteiger partial charge is 0.233 e. The third kappa shape index (κ3) is 5.23. The number of nitrogens with zero attached hydrogens (tertiary/aromatic N) is 2. The summed E-state index contributed by atoms with van der Waals surface area (Å²) in [5.74, 6) is 1.47. The number of hydrogen-bond acceptors (Lipinski definition) is 5. The van der Waals surface area contributed by atoms with E-state index >= 15 is 0 Å². The molecule has 0 radical (unpaired) electrons. The van der Waals surface area contributed by atoms with E-state index in [0.717, 1.165) is 33.1 Å². The minimum absolute atomic E-state index is 0.0119. The fourth-order valence-electron chi connectivity index (χ4n) is 3.61. The van der Waals surface area contributed by atoms with Crippen LogP contribution in [0, 0.1) is 6.92 Å². The largest absolute Gasteiger partial charge is 0.497 e. The Morgan fingerprint density at radius 1 is 0.909 bits per heavy atom. The molecule has 0 aliphatic rings. The third-order valence-electron chi connectivity index (χ3n) is 5.37. The highest BCUT2D eigenvalue weighted by molar-refractivity contribution is 7.16. The number of anilines is 2. The molecule has 0 N–H and O–H groups in total. The molecule has 1 heterocycles. The van der Waals surface area contributed by atoms with E-state index in [1.807, 2.05) is 85.8 Å². The summed E-state index contributed by atoms with van der Waals surface area (Å²) in [7, 11) is 3.27. The number of thiazole rings is 1. The number of carbonyl (C=O) groups excluding carboxylic acids is 1. The van der Waals surface area contributed by atoms with E-state index in [1.165, 1.54) is 11.3 Å². The first kappa shape index (κ1) is 22.6. The molecule has 0 bridgehead atoms. The first-order valence-electron chi connectivity index (χ1n) is 10.7. The second kappa shape index (κ2) is 10.3. The fraction of sp³-hybridized carbons (Fsp3) is 0.185. The highest BCUT2D eigenvalue weighted by atomic mass is 32.1. The van der Waals surface area contributed by atoms with Crippen LogP contribution in [-0.2, 0) is 11.2 Å². The van der Waals surface area contributed by atoms with Gasteiger partial charge < -0.3 is 9.47 Å². The van der Waals surface area contributed by atoms with E-state index in [9.17, 15) is 4.79 Å². The van der Waals surface area contributed by atoms with Crippen molar-refractivity contribution in [3.8, 4) is 22.8 Å². The Kier molecular flexibility index (Phi) is 7.05. The van der Waals surface area contributed by atoms with Gasteiger partial charge >= 0.3 is 0 Å². The number of carbonyl (C=O) groups is 1. The lowest BCUT2D eigenvalue weighted by Gasteiger charge is -2.20. The number of hydrogen-bond donors (Lipinski definition) is 0. The van der Waals surface area contributed by atoms with Crippen molar-refractivity contribution < 1.29 is 14.3 Å². The molecule has 0 aliphatic heterocycles. The first-order valence-corrected chi connectivity index (χ1v) is 11.5. The predicted octanol–water partition coefficient (Wildman–Crippen LogP) is 6.43. The van der Waals surface area contributed by atoms with E-state index in [4.69, 9.17) is 14.5 Å². The van der Waals surface area contributed by atoms with Gasteiger partial charge in [-0.05, 0) is 55.3 Å². The molecular weight excluding hydrogens is 432 g/mol. The molecule has 0 spiro atoms. The number of amides is 1. The van der Waals surface area contributed by atoms with Crippen molar-refractivity contribution in [2.24, 2.45) is 0 Å². The maximum atomic E-state index is 13.5. The Bertz CT molecular complexity index is 1220. The maximum Gasteiger partial charge on any atom is 0.233 e. The van der Waals surface area contributed by atoms with Crippen molar-refractivity contribution in [2.45, 2.75) is 19.8 Å². The van der Waals surface area contributed by atoms with Crippen LogP contribution in [0.5, 0.6) is 11.5 Å². The molecule has 0 unspecified atom stereocenters. The average Bonchev–Trinajstić information content (AvgIpc) is 3.24. The summed E-state index contributed by atoms with van der Waals surface area (Å²) < 4.78 is 10.7. The molecule has 1 amide bonds. The topological polar surface area (TPSA) is 51.7 Å². The zero-order valence-corrected chi connectivity index (χ0v) is 19.8. The lowest BCUT2D eigenvalue weighted by atomic mass is 10.1. The van der Waals surface area contributed by atoms with Gasteiger partial charge in [0, 0.05) is 22.9 Å². The maximum absolute atomic E-state index is 13.5. The van der Waals surface area contributed by atoms with Crippen LogP contribution in [0.3, 0.4) is 0 Å². The van der Waals surface area contributed by atoms with Crippen molar-refractivity contribution >= 4 is 28.1 Å². The number of ether oxygens (including phenoxy) is 2. The minimum Gasteiger partial charge on any atom is -0.497 e. The predicted molar refractivity (Wildman–Crippen MR) is 134 cm³/mol. The van der Waals surface area contributed by atoms with Gasteiger partial charge in [0.25, 0.3) is 0 Å². The molecule has 3 aromatic carbocycles. The summed E-state index contributed by atoms with van der Waals surface area (Å²) in [6, 6.07) is 25.4. The highest BCUT2D eigenvalue weighted by Gasteiger charge is 2.23. The molecule has 168 valence electrons. The van der Waals surface area contributed by atoms with Crippen LogP contribution in [0.2, 0.25) is 0 Å². The Morgan fingerprint density at radius 2 is 1.64 bits per heavy atom. The molecule has 0 fully saturated rings. The van der Waals surface area contributed by atoms with Gasteiger partial charge in [0.1, 0.15) is 11.5 Å². The first-order chi connectivity index (χ1) is 16.1. The van der Waals surface area contributed by atoms with Gasteiger partial charge in [-0.15, -0.1) is 11.3 Å². The van der Waals surface area contributed by atoms with Crippen molar-refractivity contribution in [1.82, 2.24) is 4.98 Å². The van der Waals surface area contributed by atoms with Crippen LogP contribution < -0.4 is 14.4 Å². The highest BCUT2D eigenvalue weighted by Crippen LogP contribution is 2.37. The van der Waals surface area contributed by atoms with Crippen molar-refractivity contribution in [3.05, 3.63) is 89.3 Å². The van der Waals surface area contributed by atoms with Crippen molar-refractivity contribution in [3.63, 3.8) is 0 Å². The van der Waals surface area contributed by atoms with Gasteiger partial charge in [-0.1, -0.05) is 36.4 Å². The summed E-state index contributed by atoms with van der Waals surface area (Å²) in [4.78, 5) is 21.1. The Labute approximate surface area is 198 Å². The summed E-state index contributed by atoms with van der Waals surface area (Å²) in [6.07, 6.45) is 1.04. The van der Waals surface area contributed by atoms with Crippen LogP contribution in [-0.4, -0.2) is 25.1 Å². The van der Waals surface area contributed by atoms with Crippen LogP contribution in [0.4, 0.5) is 10.8 Å². The van der Waals surface area contributed by atoms with Crippen molar-refractivity contribution in [2.75, 3.05) is 19.1 Å². The molecule has 0 saturated heterocycles. The lowest BCUT2D eigenvalue weighted by Crippen LogP contribution is -2.26. The van der Waals surface area contributed by atoms with E-state index < -0.39 is 0 Å². The average molecular weight is 459 g/mol. The molecular formula is C27H26N2O3S. The minimum atomic E-state index is -0.0119. The van der Waals surface area contributed by atoms with E-state index in [2.05, 4.69) is 0 Å². The molecule has 5 nitrogen and oxygen atoms in total. The molecule has 0 aliphatic carbocycles. The SMILES string of the molecule is COc1ccc(-c2nc(N(C(=O)CCc3ccccc3)c3cccc(OC)c3)sc2C)cc1. The summed E-state index contributed by atoms with van der Waals surface area (Å²) in [5.41, 5.74) is 3.72. The van der Waals surface area contributed by atoms with Crippen LogP contribution >= 0.6 is 11.3 Å². The normalized spacial score (nSPS) is 10.6. The van der Waals surface area contributed by atoms with Gasteiger partial charge in [0.15, 0.2) is 5.13 Å². The molecule has 0 atom stereocenters. The number of benzene rings is 3. The summed E-state index contributed by atoms with van der Waals surface area (Å²) >= 11 is 1.51. The van der Waals surface area contributed by atoms with Crippen molar-refractivity contribution in [1.29, 1.82) is 0 Å². The van der Waals surface area contributed by atoms with Gasteiger partial charge in [-0.25, -0.2) is 4.98 Å². The monoisotopic (exact) mass is 458 g/mol. The van der Waals surface area contributed by atoms with E-state index in [-0.39, 0.29) is 5.91 Å². The number of aromatic nitrogens is 1. The van der Waals surface area contributed by atoms with E-state index in [1.54, 1.807) is 19.1 Å². The zero-order valence-electron chi connectivity index (χ0n) is 18.9. The quantitative estimate of drug-likeness (QED) is 0.305. The Balaban J connectivity index is 1.68. The molecule has 33 heavy (non-hydrogen) atoms. The van der Waals surface area contributed by atoms with Crippen LogP contribution in [0.1, 0.15) is 16.9 Å². The van der Waals surface area contributed by atoms with Crippen LogP contribution in [0.25, 0.3) is 11.3 Å². The molecule has 1 aromatic heterocycles. The summed E-state index contributed by atoms with van der Waals surface area (Å²) in [5, 5.41) is 0.643. The molecule has 0 saturated carbocycles. The number of methoxy groups -OCH3 is 2. The second-order valence-corrected chi connectivity index (χ2v) is 8.73. The van der Waals surface area contributed by atoms with Gasteiger partial charge in [0.2, 0.25) is 5.91 Å². The number of aryl methyl sites for hydroxylation is 2. The third-order valence-corrected chi connectivity index (χ3v) is 6.33. The van der Waals surface area contributed by atoms with Gasteiger partial charge in [0.05, 0.1) is 25.6 Å². The van der Waals surface area contributed by atoms with Gasteiger partial charge in [-0.3, -0.25) is 9.69 Å². The molecule has 6 heteroatoms. The van der Waals surface area contributed by atoms with E-state index in [0.29, 0.717) is 23.7 Å². The number of rotatable bonds is 8. The second-order valence-electron chi connectivity index (χ2n) is 7.55. The molecule has 4 aromatic rings. The Hall–Kier alpha value is -3.64. The fourth-order valence-corrected chi connectivity index (χ4v) is 4.58.